The third-order valence-corrected chi connectivity index (χ3v) is 4.34. The number of nitrogens with zero attached hydrogens (tertiary/aromatic N) is 1. The van der Waals surface area contributed by atoms with Gasteiger partial charge in [0, 0.05) is 13.5 Å². The minimum atomic E-state index is -0.353. The smallest absolute Gasteiger partial charge is 0.325 e. The fourth-order valence-corrected chi connectivity index (χ4v) is 3.35. The minimum absolute atomic E-state index is 0.0656. The fourth-order valence-electron chi connectivity index (χ4n) is 3.35. The van der Waals surface area contributed by atoms with Crippen molar-refractivity contribution >= 4 is 11.9 Å². The number of methoxy groups -OCH3 is 1. The summed E-state index contributed by atoms with van der Waals surface area (Å²) in [6, 6.07) is 0. The van der Waals surface area contributed by atoms with Crippen LogP contribution in [0.25, 0.3) is 0 Å². The summed E-state index contributed by atoms with van der Waals surface area (Å²) in [6.07, 6.45) is 5.78. The molecule has 2 aliphatic rings. The Morgan fingerprint density at radius 3 is 2.59 bits per heavy atom. The van der Waals surface area contributed by atoms with Crippen LogP contribution in [0.1, 0.15) is 32.1 Å². The topological polar surface area (TPSA) is 46.6 Å². The van der Waals surface area contributed by atoms with Crippen LogP contribution in [0, 0.1) is 17.8 Å². The van der Waals surface area contributed by atoms with E-state index >= 15 is 0 Å². The molecule has 0 aliphatic heterocycles. The SMILES string of the molecule is COC(=O)CN(C)C(=O)CC1CC2CCC1C2. The van der Waals surface area contributed by atoms with Crippen LogP contribution in [0.3, 0.4) is 0 Å². The van der Waals surface area contributed by atoms with Crippen molar-refractivity contribution < 1.29 is 14.3 Å². The van der Waals surface area contributed by atoms with Gasteiger partial charge in [-0.15, -0.1) is 0 Å². The Kier molecular flexibility index (Phi) is 3.69. The molecule has 0 aromatic rings. The number of carbonyl (C=O) groups excluding carboxylic acids is 2. The zero-order valence-electron chi connectivity index (χ0n) is 10.6. The van der Waals surface area contributed by atoms with E-state index in [2.05, 4.69) is 4.74 Å². The van der Waals surface area contributed by atoms with Crippen molar-refractivity contribution in [3.05, 3.63) is 0 Å². The lowest BCUT2D eigenvalue weighted by molar-refractivity contribution is -0.146. The van der Waals surface area contributed by atoms with Gasteiger partial charge in [0.15, 0.2) is 0 Å². The standard InChI is InChI=1S/C13H21NO3/c1-14(8-13(16)17-2)12(15)7-11-6-9-3-4-10(11)5-9/h9-11H,3-8H2,1-2H3. The van der Waals surface area contributed by atoms with E-state index in [4.69, 9.17) is 0 Å². The van der Waals surface area contributed by atoms with Gasteiger partial charge in [0.1, 0.15) is 6.54 Å². The number of likely N-dealkylation sites (N-methyl/N-ethyl adjacent to an activating group) is 1. The Morgan fingerprint density at radius 1 is 1.29 bits per heavy atom. The number of carbonyl (C=O) groups is 2. The van der Waals surface area contributed by atoms with Crippen molar-refractivity contribution in [1.29, 1.82) is 0 Å². The Labute approximate surface area is 102 Å². The van der Waals surface area contributed by atoms with Crippen LogP contribution in [-0.4, -0.2) is 37.5 Å². The number of hydrogen-bond acceptors (Lipinski definition) is 3. The van der Waals surface area contributed by atoms with Crippen LogP contribution in [0.5, 0.6) is 0 Å². The summed E-state index contributed by atoms with van der Waals surface area (Å²) in [7, 11) is 3.02. The molecular weight excluding hydrogens is 218 g/mol. The van der Waals surface area contributed by atoms with Crippen molar-refractivity contribution in [2.24, 2.45) is 17.8 Å². The van der Waals surface area contributed by atoms with E-state index in [0.717, 1.165) is 11.8 Å². The lowest BCUT2D eigenvalue weighted by atomic mass is 9.86. The Bertz CT molecular complexity index is 316. The second-order valence-electron chi connectivity index (χ2n) is 5.46. The van der Waals surface area contributed by atoms with Crippen LogP contribution in [0.2, 0.25) is 0 Å². The number of ether oxygens (including phenoxy) is 1. The second-order valence-corrected chi connectivity index (χ2v) is 5.46. The van der Waals surface area contributed by atoms with Gasteiger partial charge in [0.2, 0.25) is 5.91 Å². The lowest BCUT2D eigenvalue weighted by Crippen LogP contribution is -2.34. The minimum Gasteiger partial charge on any atom is -0.468 e. The summed E-state index contributed by atoms with van der Waals surface area (Å²) in [5.74, 6) is 1.90. The summed E-state index contributed by atoms with van der Waals surface area (Å²) in [5, 5.41) is 0. The molecule has 4 heteroatoms. The molecule has 4 nitrogen and oxygen atoms in total. The Morgan fingerprint density at radius 2 is 2.06 bits per heavy atom. The van der Waals surface area contributed by atoms with Gasteiger partial charge in [-0.2, -0.15) is 0 Å². The van der Waals surface area contributed by atoms with Crippen molar-refractivity contribution in [3.8, 4) is 0 Å². The zero-order chi connectivity index (χ0) is 12.4. The van der Waals surface area contributed by atoms with Gasteiger partial charge in [-0.25, -0.2) is 0 Å². The number of rotatable bonds is 4. The fraction of sp³-hybridized carbons (Fsp3) is 0.846. The molecule has 0 N–H and O–H groups in total. The molecule has 17 heavy (non-hydrogen) atoms. The molecule has 0 saturated heterocycles. The second kappa shape index (κ2) is 5.07. The third-order valence-electron chi connectivity index (χ3n) is 4.34. The molecule has 2 saturated carbocycles. The molecule has 0 spiro atoms. The highest BCUT2D eigenvalue weighted by atomic mass is 16.5. The quantitative estimate of drug-likeness (QED) is 0.697. The zero-order valence-corrected chi connectivity index (χ0v) is 10.6. The first-order chi connectivity index (χ1) is 8.10. The van der Waals surface area contributed by atoms with Gasteiger partial charge in [0.25, 0.3) is 0 Å². The maximum absolute atomic E-state index is 11.9. The molecule has 3 unspecified atom stereocenters. The molecule has 2 rings (SSSR count). The highest BCUT2D eigenvalue weighted by Gasteiger charge is 2.40. The Hall–Kier alpha value is -1.06. The van der Waals surface area contributed by atoms with Gasteiger partial charge in [-0.3, -0.25) is 9.59 Å². The summed E-state index contributed by atoms with van der Waals surface area (Å²) in [6.45, 7) is 0.0656. The van der Waals surface area contributed by atoms with Crippen molar-refractivity contribution in [2.45, 2.75) is 32.1 Å². The highest BCUT2D eigenvalue weighted by molar-refractivity contribution is 5.81. The van der Waals surface area contributed by atoms with Crippen LogP contribution in [-0.2, 0) is 14.3 Å². The average Bonchev–Trinajstić information content (AvgIpc) is 2.90. The van der Waals surface area contributed by atoms with Gasteiger partial charge in [-0.05, 0) is 37.0 Å². The van der Waals surface area contributed by atoms with Crippen LogP contribution in [0.15, 0.2) is 0 Å². The maximum Gasteiger partial charge on any atom is 0.325 e. The number of amides is 1. The average molecular weight is 239 g/mol. The first-order valence-corrected chi connectivity index (χ1v) is 6.41. The number of hydrogen-bond donors (Lipinski definition) is 0. The van der Waals surface area contributed by atoms with Gasteiger partial charge in [0.05, 0.1) is 7.11 Å². The monoisotopic (exact) mass is 239 g/mol. The van der Waals surface area contributed by atoms with Gasteiger partial charge in [-0.1, -0.05) is 6.42 Å². The molecule has 0 aromatic carbocycles. The third kappa shape index (κ3) is 2.79. The van der Waals surface area contributed by atoms with E-state index in [1.54, 1.807) is 7.05 Å². The molecule has 1 amide bonds. The van der Waals surface area contributed by atoms with E-state index in [1.165, 1.54) is 37.7 Å². The van der Waals surface area contributed by atoms with Gasteiger partial charge >= 0.3 is 5.97 Å². The summed E-state index contributed by atoms with van der Waals surface area (Å²) < 4.78 is 4.56. The van der Waals surface area contributed by atoms with Crippen LogP contribution < -0.4 is 0 Å². The maximum atomic E-state index is 11.9. The van der Waals surface area contributed by atoms with Crippen molar-refractivity contribution in [3.63, 3.8) is 0 Å². The molecule has 0 heterocycles. The molecule has 96 valence electrons. The highest BCUT2D eigenvalue weighted by Crippen LogP contribution is 2.49. The normalized spacial score (nSPS) is 30.4. The Balaban J connectivity index is 1.79. The summed E-state index contributed by atoms with van der Waals surface area (Å²) in [4.78, 5) is 24.5. The van der Waals surface area contributed by atoms with Crippen LogP contribution >= 0.6 is 0 Å². The van der Waals surface area contributed by atoms with E-state index < -0.39 is 0 Å². The molecule has 2 bridgehead atoms. The first-order valence-electron chi connectivity index (χ1n) is 6.41. The van der Waals surface area contributed by atoms with Crippen molar-refractivity contribution in [2.75, 3.05) is 20.7 Å². The first kappa shape index (κ1) is 12.4. The van der Waals surface area contributed by atoms with E-state index in [1.807, 2.05) is 0 Å². The number of fused-ring (bicyclic) bond motifs is 2. The summed E-state index contributed by atoms with van der Waals surface area (Å²) in [5.41, 5.74) is 0. The predicted octanol–water partition coefficient (Wildman–Crippen LogP) is 1.44. The van der Waals surface area contributed by atoms with E-state index in [0.29, 0.717) is 12.3 Å². The molecule has 0 aromatic heterocycles. The number of esters is 1. The van der Waals surface area contributed by atoms with E-state index in [-0.39, 0.29) is 18.4 Å². The van der Waals surface area contributed by atoms with Crippen LogP contribution in [0.4, 0.5) is 0 Å². The lowest BCUT2D eigenvalue weighted by Gasteiger charge is -2.23. The predicted molar refractivity (Wildman–Crippen MR) is 63.2 cm³/mol. The molecule has 3 atom stereocenters. The largest absolute Gasteiger partial charge is 0.468 e. The van der Waals surface area contributed by atoms with E-state index in [9.17, 15) is 9.59 Å². The molecule has 2 fully saturated rings. The molecule has 2 aliphatic carbocycles. The van der Waals surface area contributed by atoms with Crippen molar-refractivity contribution in [1.82, 2.24) is 4.90 Å². The summed E-state index contributed by atoms with van der Waals surface area (Å²) >= 11 is 0. The molecule has 0 radical (unpaired) electrons. The molecular formula is C13H21NO3. The van der Waals surface area contributed by atoms with Gasteiger partial charge < -0.3 is 9.64 Å².